The van der Waals surface area contributed by atoms with Gasteiger partial charge in [-0.3, -0.25) is 4.79 Å². The number of sulfonamides is 1. The highest BCUT2D eigenvalue weighted by Gasteiger charge is 2.26. The van der Waals surface area contributed by atoms with Gasteiger partial charge in [-0.2, -0.15) is 4.31 Å². The second-order valence-electron chi connectivity index (χ2n) is 7.00. The number of amides is 1. The summed E-state index contributed by atoms with van der Waals surface area (Å²) >= 11 is 3.40. The molecule has 8 heteroatoms. The average Bonchev–Trinajstić information content (AvgIpc) is 2.73. The molecule has 2 aromatic carbocycles. The number of nitrogens with zero attached hydrogens (tertiary/aromatic N) is 1. The van der Waals surface area contributed by atoms with Gasteiger partial charge >= 0.3 is 0 Å². The first-order valence-electron chi connectivity index (χ1n) is 9.58. The fourth-order valence-electron chi connectivity index (χ4n) is 3.17. The van der Waals surface area contributed by atoms with Crippen molar-refractivity contribution in [2.45, 2.75) is 30.7 Å². The Hall–Kier alpha value is -1.74. The first-order valence-corrected chi connectivity index (χ1v) is 11.8. The van der Waals surface area contributed by atoms with Crippen molar-refractivity contribution >= 4 is 31.9 Å². The van der Waals surface area contributed by atoms with Gasteiger partial charge in [0.1, 0.15) is 0 Å². The van der Waals surface area contributed by atoms with Gasteiger partial charge in [0.25, 0.3) is 0 Å². The van der Waals surface area contributed by atoms with Crippen LogP contribution in [0.3, 0.4) is 0 Å². The van der Waals surface area contributed by atoms with Crippen LogP contribution in [0.4, 0.5) is 0 Å². The number of hydrogen-bond donors (Lipinski definition) is 1. The second kappa shape index (κ2) is 9.84. The first-order chi connectivity index (χ1) is 13.9. The molecule has 3 rings (SSSR count). The predicted molar refractivity (Wildman–Crippen MR) is 115 cm³/mol. The summed E-state index contributed by atoms with van der Waals surface area (Å²) in [5.74, 6) is -0.0366. The van der Waals surface area contributed by atoms with Gasteiger partial charge in [-0.15, -0.1) is 0 Å². The van der Waals surface area contributed by atoms with Gasteiger partial charge in [0, 0.05) is 24.0 Å². The lowest BCUT2D eigenvalue weighted by atomic mass is 10.1. The van der Waals surface area contributed by atoms with E-state index in [1.807, 2.05) is 31.2 Å². The van der Waals surface area contributed by atoms with E-state index in [-0.39, 0.29) is 16.8 Å². The Morgan fingerprint density at radius 2 is 1.72 bits per heavy atom. The molecule has 1 atom stereocenters. The van der Waals surface area contributed by atoms with E-state index >= 15 is 0 Å². The summed E-state index contributed by atoms with van der Waals surface area (Å²) in [6.07, 6.45) is 0.896. The molecule has 1 aliphatic heterocycles. The minimum atomic E-state index is -3.49. The van der Waals surface area contributed by atoms with Crippen LogP contribution in [0.15, 0.2) is 57.9 Å². The van der Waals surface area contributed by atoms with Crippen molar-refractivity contribution in [2.24, 2.45) is 0 Å². The molecule has 0 bridgehead atoms. The van der Waals surface area contributed by atoms with Gasteiger partial charge in [0.15, 0.2) is 0 Å². The number of halogens is 1. The zero-order valence-corrected chi connectivity index (χ0v) is 18.7. The van der Waals surface area contributed by atoms with Crippen LogP contribution in [0.25, 0.3) is 0 Å². The Morgan fingerprint density at radius 1 is 1.10 bits per heavy atom. The fraction of sp³-hybridized carbons (Fsp3) is 0.381. The SMILES string of the molecule is CC(NC(=O)CCc1ccc(S(=O)(=O)N2CCOCC2)cc1)c1ccc(Br)cc1. The molecule has 29 heavy (non-hydrogen) atoms. The maximum Gasteiger partial charge on any atom is 0.243 e. The number of aryl methyl sites for hydroxylation is 1. The lowest BCUT2D eigenvalue weighted by Gasteiger charge is -2.26. The molecule has 1 heterocycles. The predicted octanol–water partition coefficient (Wildman–Crippen LogP) is 3.28. The molecular weight excluding hydrogens is 456 g/mol. The van der Waals surface area contributed by atoms with Crippen molar-refractivity contribution in [2.75, 3.05) is 26.3 Å². The van der Waals surface area contributed by atoms with E-state index in [1.165, 1.54) is 4.31 Å². The number of hydrogen-bond acceptors (Lipinski definition) is 4. The van der Waals surface area contributed by atoms with Crippen molar-refractivity contribution in [1.29, 1.82) is 0 Å². The molecule has 1 amide bonds. The molecule has 1 fully saturated rings. The highest BCUT2D eigenvalue weighted by atomic mass is 79.9. The van der Waals surface area contributed by atoms with E-state index in [0.717, 1.165) is 15.6 Å². The van der Waals surface area contributed by atoms with Gasteiger partial charge < -0.3 is 10.1 Å². The van der Waals surface area contributed by atoms with Gasteiger partial charge in [0.2, 0.25) is 15.9 Å². The van der Waals surface area contributed by atoms with Gasteiger partial charge in [0.05, 0.1) is 24.2 Å². The summed E-state index contributed by atoms with van der Waals surface area (Å²) in [7, 11) is -3.49. The third-order valence-electron chi connectivity index (χ3n) is 4.92. The summed E-state index contributed by atoms with van der Waals surface area (Å²) in [6, 6.07) is 14.6. The zero-order valence-electron chi connectivity index (χ0n) is 16.3. The topological polar surface area (TPSA) is 75.7 Å². The maximum atomic E-state index is 12.6. The minimum Gasteiger partial charge on any atom is -0.379 e. The van der Waals surface area contributed by atoms with Crippen LogP contribution in [-0.4, -0.2) is 44.9 Å². The largest absolute Gasteiger partial charge is 0.379 e. The van der Waals surface area contributed by atoms with Gasteiger partial charge in [-0.25, -0.2) is 8.42 Å². The third kappa shape index (κ3) is 5.88. The fourth-order valence-corrected chi connectivity index (χ4v) is 4.84. The Bertz CT molecular complexity index is 924. The smallest absolute Gasteiger partial charge is 0.243 e. The van der Waals surface area contributed by atoms with E-state index in [1.54, 1.807) is 24.3 Å². The molecule has 0 spiro atoms. The first kappa shape index (κ1) is 22.0. The normalized spacial score (nSPS) is 16.3. The van der Waals surface area contributed by atoms with Crippen LogP contribution in [0.1, 0.15) is 30.5 Å². The lowest BCUT2D eigenvalue weighted by molar-refractivity contribution is -0.121. The quantitative estimate of drug-likeness (QED) is 0.659. The summed E-state index contributed by atoms with van der Waals surface area (Å²) in [6.45, 7) is 3.55. The maximum absolute atomic E-state index is 12.6. The van der Waals surface area contributed by atoms with E-state index in [2.05, 4.69) is 21.2 Å². The summed E-state index contributed by atoms with van der Waals surface area (Å²) < 4.78 is 33.0. The minimum absolute atomic E-state index is 0.0366. The number of benzene rings is 2. The van der Waals surface area contributed by atoms with Crippen molar-refractivity contribution < 1.29 is 17.9 Å². The lowest BCUT2D eigenvalue weighted by Crippen LogP contribution is -2.40. The average molecular weight is 481 g/mol. The summed E-state index contributed by atoms with van der Waals surface area (Å²) in [5.41, 5.74) is 1.97. The molecule has 1 unspecified atom stereocenters. The summed E-state index contributed by atoms with van der Waals surface area (Å²) in [4.78, 5) is 12.5. The molecule has 0 aromatic heterocycles. The Labute approximate surface area is 180 Å². The van der Waals surface area contributed by atoms with Crippen LogP contribution in [0.2, 0.25) is 0 Å². The van der Waals surface area contributed by atoms with Crippen molar-refractivity contribution in [3.8, 4) is 0 Å². The third-order valence-corrected chi connectivity index (χ3v) is 7.36. The molecule has 1 aliphatic rings. The highest BCUT2D eigenvalue weighted by Crippen LogP contribution is 2.19. The standard InChI is InChI=1S/C21H25BrN2O4S/c1-16(18-5-7-19(22)8-6-18)23-21(25)11-4-17-2-9-20(10-3-17)29(26,27)24-12-14-28-15-13-24/h2-3,5-10,16H,4,11-15H2,1H3,(H,23,25). The Kier molecular flexibility index (Phi) is 7.45. The van der Waals surface area contributed by atoms with E-state index in [0.29, 0.717) is 39.1 Å². The Morgan fingerprint density at radius 3 is 2.34 bits per heavy atom. The molecule has 0 saturated carbocycles. The molecule has 1 N–H and O–H groups in total. The number of carbonyl (C=O) groups excluding carboxylic acids is 1. The van der Waals surface area contributed by atoms with Crippen LogP contribution >= 0.6 is 15.9 Å². The van der Waals surface area contributed by atoms with E-state index < -0.39 is 10.0 Å². The number of carbonyl (C=O) groups is 1. The van der Waals surface area contributed by atoms with Crippen molar-refractivity contribution in [3.05, 3.63) is 64.1 Å². The highest BCUT2D eigenvalue weighted by molar-refractivity contribution is 9.10. The van der Waals surface area contributed by atoms with Gasteiger partial charge in [-0.05, 0) is 48.7 Å². The van der Waals surface area contributed by atoms with Crippen LogP contribution in [-0.2, 0) is 26.0 Å². The molecule has 0 aliphatic carbocycles. The van der Waals surface area contributed by atoms with Crippen LogP contribution < -0.4 is 5.32 Å². The zero-order chi connectivity index (χ0) is 20.9. The van der Waals surface area contributed by atoms with Crippen molar-refractivity contribution in [1.82, 2.24) is 9.62 Å². The second-order valence-corrected chi connectivity index (χ2v) is 9.85. The van der Waals surface area contributed by atoms with Crippen LogP contribution in [0, 0.1) is 0 Å². The summed E-state index contributed by atoms with van der Waals surface area (Å²) in [5, 5.41) is 3.00. The van der Waals surface area contributed by atoms with E-state index in [9.17, 15) is 13.2 Å². The molecule has 6 nitrogen and oxygen atoms in total. The number of ether oxygens (including phenoxy) is 1. The monoisotopic (exact) mass is 480 g/mol. The molecule has 0 radical (unpaired) electrons. The van der Waals surface area contributed by atoms with Crippen molar-refractivity contribution in [3.63, 3.8) is 0 Å². The molecule has 156 valence electrons. The number of nitrogens with one attached hydrogen (secondary N) is 1. The van der Waals surface area contributed by atoms with E-state index in [4.69, 9.17) is 4.74 Å². The number of rotatable bonds is 7. The molecule has 1 saturated heterocycles. The molecular formula is C21H25BrN2O4S. The van der Waals surface area contributed by atoms with Crippen LogP contribution in [0.5, 0.6) is 0 Å². The molecule has 2 aromatic rings. The number of morpholine rings is 1. The van der Waals surface area contributed by atoms with Gasteiger partial charge in [-0.1, -0.05) is 40.2 Å². The Balaban J connectivity index is 1.53.